The first-order valence-electron chi connectivity index (χ1n) is 6.42. The summed E-state index contributed by atoms with van der Waals surface area (Å²) in [6.45, 7) is 0. The van der Waals surface area contributed by atoms with E-state index >= 15 is 0 Å². The zero-order chi connectivity index (χ0) is 14.6. The Morgan fingerprint density at radius 2 is 1.90 bits per heavy atom. The third-order valence-electron chi connectivity index (χ3n) is 3.63. The van der Waals surface area contributed by atoms with E-state index in [2.05, 4.69) is 5.32 Å². The molecule has 3 aromatic rings. The van der Waals surface area contributed by atoms with E-state index in [0.29, 0.717) is 27.1 Å². The minimum Gasteiger partial charge on any atom is -0.460 e. The van der Waals surface area contributed by atoms with E-state index in [-0.39, 0.29) is 5.91 Å². The van der Waals surface area contributed by atoms with E-state index in [9.17, 15) is 4.79 Å². The molecule has 1 aliphatic heterocycles. The molecule has 5 heteroatoms. The zero-order valence-corrected chi connectivity index (χ0v) is 12.2. The molecular formula is C16H9Cl2NO2. The fraction of sp³-hybridized carbons (Fsp3) is 0.0625. The summed E-state index contributed by atoms with van der Waals surface area (Å²) in [6, 6.07) is 12.8. The van der Waals surface area contributed by atoms with Crippen molar-refractivity contribution >= 4 is 45.8 Å². The van der Waals surface area contributed by atoms with Crippen LogP contribution in [0.5, 0.6) is 0 Å². The normalized spacial score (nSPS) is 17.0. The van der Waals surface area contributed by atoms with Crippen molar-refractivity contribution < 1.29 is 9.21 Å². The summed E-state index contributed by atoms with van der Waals surface area (Å²) in [6.07, 6.45) is 0. The Morgan fingerprint density at radius 1 is 1.10 bits per heavy atom. The van der Waals surface area contributed by atoms with Crippen molar-refractivity contribution in [2.24, 2.45) is 0 Å². The van der Waals surface area contributed by atoms with Gasteiger partial charge in [0, 0.05) is 26.7 Å². The molecule has 104 valence electrons. The van der Waals surface area contributed by atoms with Gasteiger partial charge in [0.2, 0.25) is 5.91 Å². The Morgan fingerprint density at radius 3 is 2.71 bits per heavy atom. The van der Waals surface area contributed by atoms with Crippen LogP contribution < -0.4 is 5.32 Å². The molecule has 0 fully saturated rings. The number of hydrogen-bond donors (Lipinski definition) is 1. The molecule has 4 rings (SSSR count). The van der Waals surface area contributed by atoms with E-state index in [0.717, 1.165) is 11.0 Å². The van der Waals surface area contributed by atoms with Crippen LogP contribution in [0.15, 0.2) is 46.9 Å². The number of rotatable bonds is 1. The molecule has 0 radical (unpaired) electrons. The third-order valence-corrected chi connectivity index (χ3v) is 4.16. The van der Waals surface area contributed by atoms with Gasteiger partial charge in [-0.25, -0.2) is 0 Å². The van der Waals surface area contributed by atoms with Crippen LogP contribution in [0.3, 0.4) is 0 Å². The van der Waals surface area contributed by atoms with Gasteiger partial charge in [-0.3, -0.25) is 4.79 Å². The van der Waals surface area contributed by atoms with Crippen LogP contribution >= 0.6 is 23.2 Å². The Bertz CT molecular complexity index is 852. The number of carbonyl (C=O) groups is 1. The van der Waals surface area contributed by atoms with E-state index in [1.165, 1.54) is 0 Å². The van der Waals surface area contributed by atoms with Gasteiger partial charge in [0.15, 0.2) is 0 Å². The highest BCUT2D eigenvalue weighted by Gasteiger charge is 2.36. The number of fused-ring (bicyclic) bond motifs is 2. The molecule has 1 unspecified atom stereocenters. The molecule has 0 spiro atoms. The summed E-state index contributed by atoms with van der Waals surface area (Å²) >= 11 is 12.2. The molecule has 1 aliphatic rings. The van der Waals surface area contributed by atoms with Crippen LogP contribution in [0, 0.1) is 0 Å². The number of hydrogen-bond acceptors (Lipinski definition) is 2. The molecule has 1 aromatic heterocycles. The number of nitrogens with one attached hydrogen (secondary N) is 1. The summed E-state index contributed by atoms with van der Waals surface area (Å²) in [4.78, 5) is 12.3. The van der Waals surface area contributed by atoms with Gasteiger partial charge in [-0.05, 0) is 24.3 Å². The predicted octanol–water partition coefficient (Wildman–Crippen LogP) is 4.82. The number of anilines is 1. The summed E-state index contributed by atoms with van der Waals surface area (Å²) < 4.78 is 5.81. The van der Waals surface area contributed by atoms with Crippen molar-refractivity contribution in [1.82, 2.24) is 0 Å². The Balaban J connectivity index is 1.92. The van der Waals surface area contributed by atoms with Gasteiger partial charge in [-0.1, -0.05) is 41.4 Å². The Hall–Kier alpha value is -1.97. The number of furan rings is 1. The van der Waals surface area contributed by atoms with Crippen molar-refractivity contribution in [1.29, 1.82) is 0 Å². The van der Waals surface area contributed by atoms with Gasteiger partial charge in [0.1, 0.15) is 17.3 Å². The molecule has 1 atom stereocenters. The van der Waals surface area contributed by atoms with Gasteiger partial charge in [-0.15, -0.1) is 0 Å². The average Bonchev–Trinajstić information content (AvgIpc) is 2.98. The van der Waals surface area contributed by atoms with Gasteiger partial charge >= 0.3 is 0 Å². The maximum absolute atomic E-state index is 12.3. The minimum absolute atomic E-state index is 0.159. The second-order valence-corrected chi connectivity index (χ2v) is 5.80. The van der Waals surface area contributed by atoms with E-state index in [1.807, 2.05) is 30.3 Å². The van der Waals surface area contributed by atoms with Crippen LogP contribution in [0.1, 0.15) is 17.2 Å². The number of halogens is 2. The minimum atomic E-state index is -0.544. The van der Waals surface area contributed by atoms with Crippen molar-refractivity contribution in [3.05, 3.63) is 63.8 Å². The highest BCUT2D eigenvalue weighted by atomic mass is 35.5. The lowest BCUT2D eigenvalue weighted by molar-refractivity contribution is -0.116. The number of para-hydroxylation sites is 1. The molecule has 0 saturated carbocycles. The predicted molar refractivity (Wildman–Crippen MR) is 83.1 cm³/mol. The number of amides is 1. The van der Waals surface area contributed by atoms with Crippen LogP contribution in [0.4, 0.5) is 5.69 Å². The monoisotopic (exact) mass is 317 g/mol. The summed E-state index contributed by atoms with van der Waals surface area (Å²) in [5.41, 5.74) is 2.10. The smallest absolute Gasteiger partial charge is 0.239 e. The van der Waals surface area contributed by atoms with E-state index < -0.39 is 5.92 Å². The van der Waals surface area contributed by atoms with Crippen molar-refractivity contribution in [3.63, 3.8) is 0 Å². The average molecular weight is 318 g/mol. The first-order valence-corrected chi connectivity index (χ1v) is 7.17. The standard InChI is InChI=1S/C16H9Cl2NO2/c17-9-6-10(18)14-11(7-9)19-16(20)15(14)13-5-8-3-1-2-4-12(8)21-13/h1-7,15H,(H,19,20). The Labute approximate surface area is 130 Å². The lowest BCUT2D eigenvalue weighted by atomic mass is 9.98. The molecule has 1 N–H and O–H groups in total. The second kappa shape index (κ2) is 4.52. The van der Waals surface area contributed by atoms with Crippen LogP contribution in [-0.4, -0.2) is 5.91 Å². The van der Waals surface area contributed by atoms with Crippen LogP contribution in [0.25, 0.3) is 11.0 Å². The molecule has 2 heterocycles. The molecule has 2 aromatic carbocycles. The van der Waals surface area contributed by atoms with E-state index in [1.54, 1.807) is 12.1 Å². The number of carbonyl (C=O) groups excluding carboxylic acids is 1. The van der Waals surface area contributed by atoms with Gasteiger partial charge in [-0.2, -0.15) is 0 Å². The largest absolute Gasteiger partial charge is 0.460 e. The lowest BCUT2D eigenvalue weighted by Crippen LogP contribution is -2.12. The number of benzene rings is 2. The topological polar surface area (TPSA) is 42.2 Å². The van der Waals surface area contributed by atoms with Gasteiger partial charge in [0.25, 0.3) is 0 Å². The molecule has 0 bridgehead atoms. The SMILES string of the molecule is O=C1Nc2cc(Cl)cc(Cl)c2C1c1cc2ccccc2o1. The summed E-state index contributed by atoms with van der Waals surface area (Å²) in [7, 11) is 0. The molecular weight excluding hydrogens is 309 g/mol. The van der Waals surface area contributed by atoms with E-state index in [4.69, 9.17) is 27.6 Å². The van der Waals surface area contributed by atoms with Gasteiger partial charge in [0.05, 0.1) is 0 Å². The maximum Gasteiger partial charge on any atom is 0.239 e. The first kappa shape index (κ1) is 12.7. The third kappa shape index (κ3) is 1.93. The first-order chi connectivity index (χ1) is 10.1. The zero-order valence-electron chi connectivity index (χ0n) is 10.7. The molecule has 1 amide bonds. The maximum atomic E-state index is 12.3. The molecule has 0 saturated heterocycles. The summed E-state index contributed by atoms with van der Waals surface area (Å²) in [5.74, 6) is -0.123. The van der Waals surface area contributed by atoms with Crippen molar-refractivity contribution in [2.75, 3.05) is 5.32 Å². The summed E-state index contributed by atoms with van der Waals surface area (Å²) in [5, 5.41) is 4.71. The lowest BCUT2D eigenvalue weighted by Gasteiger charge is -2.07. The highest BCUT2D eigenvalue weighted by Crippen LogP contribution is 2.44. The van der Waals surface area contributed by atoms with Gasteiger partial charge < -0.3 is 9.73 Å². The quantitative estimate of drug-likeness (QED) is 0.699. The van der Waals surface area contributed by atoms with Crippen LogP contribution in [0.2, 0.25) is 10.0 Å². The fourth-order valence-electron chi connectivity index (χ4n) is 2.73. The Kier molecular flexibility index (Phi) is 2.74. The van der Waals surface area contributed by atoms with Crippen molar-refractivity contribution in [3.8, 4) is 0 Å². The molecule has 21 heavy (non-hydrogen) atoms. The van der Waals surface area contributed by atoms with Crippen LogP contribution in [-0.2, 0) is 4.79 Å². The molecule has 3 nitrogen and oxygen atoms in total. The molecule has 0 aliphatic carbocycles. The second-order valence-electron chi connectivity index (χ2n) is 4.96. The van der Waals surface area contributed by atoms with Crippen molar-refractivity contribution in [2.45, 2.75) is 5.92 Å². The highest BCUT2D eigenvalue weighted by molar-refractivity contribution is 6.36. The fourth-order valence-corrected chi connectivity index (χ4v) is 3.34.